The van der Waals surface area contributed by atoms with E-state index in [1.54, 1.807) is 0 Å². The van der Waals surface area contributed by atoms with Gasteiger partial charge in [0.25, 0.3) is 0 Å². The molecular formula is C20H21N3O2. The summed E-state index contributed by atoms with van der Waals surface area (Å²) in [7, 11) is 0. The van der Waals surface area contributed by atoms with Gasteiger partial charge in [0.2, 0.25) is 5.91 Å². The molecule has 1 amide bonds. The minimum Gasteiger partial charge on any atom is -0.387 e. The number of nitrogens with zero attached hydrogens (tertiary/aromatic N) is 3. The predicted octanol–water partition coefficient (Wildman–Crippen LogP) is 2.60. The van der Waals surface area contributed by atoms with Crippen molar-refractivity contribution in [3.63, 3.8) is 0 Å². The van der Waals surface area contributed by atoms with Crippen LogP contribution in [0.15, 0.2) is 60.9 Å². The van der Waals surface area contributed by atoms with Gasteiger partial charge in [0.1, 0.15) is 5.65 Å². The largest absolute Gasteiger partial charge is 0.387 e. The Morgan fingerprint density at radius 2 is 1.96 bits per heavy atom. The molecule has 1 saturated carbocycles. The van der Waals surface area contributed by atoms with Gasteiger partial charge in [-0.3, -0.25) is 4.79 Å². The first-order chi connectivity index (χ1) is 12.2. The first-order valence-corrected chi connectivity index (χ1v) is 8.66. The van der Waals surface area contributed by atoms with E-state index in [0.29, 0.717) is 6.54 Å². The maximum absolute atomic E-state index is 12.8. The molecule has 1 aliphatic rings. The number of amides is 1. The van der Waals surface area contributed by atoms with Crippen molar-refractivity contribution >= 4 is 11.6 Å². The Labute approximate surface area is 146 Å². The lowest BCUT2D eigenvalue weighted by Crippen LogP contribution is -2.37. The second kappa shape index (κ2) is 6.69. The summed E-state index contributed by atoms with van der Waals surface area (Å²) < 4.78 is 1.92. The SMILES string of the molecule is O=C(Cc1cn2ccccc2n1)N(C[C@H](O)c1ccccc1)C1CC1. The monoisotopic (exact) mass is 335 g/mol. The Morgan fingerprint density at radius 3 is 2.68 bits per heavy atom. The zero-order chi connectivity index (χ0) is 17.2. The van der Waals surface area contributed by atoms with Crippen LogP contribution in [0.2, 0.25) is 0 Å². The molecule has 128 valence electrons. The van der Waals surface area contributed by atoms with Crippen LogP contribution in [0.1, 0.15) is 30.2 Å². The van der Waals surface area contributed by atoms with E-state index in [1.807, 2.05) is 70.2 Å². The van der Waals surface area contributed by atoms with Crippen molar-refractivity contribution in [3.05, 3.63) is 72.2 Å². The Morgan fingerprint density at radius 1 is 1.20 bits per heavy atom. The van der Waals surface area contributed by atoms with Crippen LogP contribution in [-0.2, 0) is 11.2 Å². The molecule has 5 nitrogen and oxygen atoms in total. The second-order valence-corrected chi connectivity index (χ2v) is 6.58. The average molecular weight is 335 g/mol. The number of hydrogen-bond acceptors (Lipinski definition) is 3. The molecule has 1 fully saturated rings. The summed E-state index contributed by atoms with van der Waals surface area (Å²) in [6.45, 7) is 0.334. The van der Waals surface area contributed by atoms with Gasteiger partial charge in [-0.15, -0.1) is 0 Å². The van der Waals surface area contributed by atoms with Gasteiger partial charge in [-0.1, -0.05) is 36.4 Å². The van der Waals surface area contributed by atoms with Gasteiger partial charge >= 0.3 is 0 Å². The van der Waals surface area contributed by atoms with Crippen molar-refractivity contribution in [3.8, 4) is 0 Å². The summed E-state index contributed by atoms with van der Waals surface area (Å²) in [5.74, 6) is 0.0286. The zero-order valence-corrected chi connectivity index (χ0v) is 14.0. The molecule has 1 aliphatic carbocycles. The van der Waals surface area contributed by atoms with Crippen molar-refractivity contribution in [1.29, 1.82) is 0 Å². The Balaban J connectivity index is 1.47. The average Bonchev–Trinajstić information content (AvgIpc) is 3.39. The van der Waals surface area contributed by atoms with E-state index in [4.69, 9.17) is 0 Å². The van der Waals surface area contributed by atoms with Gasteiger partial charge in [0.05, 0.1) is 24.8 Å². The van der Waals surface area contributed by atoms with Crippen LogP contribution in [0, 0.1) is 0 Å². The van der Waals surface area contributed by atoms with E-state index >= 15 is 0 Å². The van der Waals surface area contributed by atoms with Crippen molar-refractivity contribution in [2.24, 2.45) is 0 Å². The van der Waals surface area contributed by atoms with Gasteiger partial charge in [0, 0.05) is 18.4 Å². The lowest BCUT2D eigenvalue weighted by atomic mass is 10.1. The van der Waals surface area contributed by atoms with Gasteiger partial charge in [-0.2, -0.15) is 0 Å². The molecule has 4 rings (SSSR count). The number of carbonyl (C=O) groups is 1. The molecule has 0 aliphatic heterocycles. The third-order valence-corrected chi connectivity index (χ3v) is 4.61. The highest BCUT2D eigenvalue weighted by molar-refractivity contribution is 5.79. The number of imidazole rings is 1. The quantitative estimate of drug-likeness (QED) is 0.753. The van der Waals surface area contributed by atoms with Crippen LogP contribution >= 0.6 is 0 Å². The zero-order valence-electron chi connectivity index (χ0n) is 14.0. The maximum atomic E-state index is 12.8. The number of aromatic nitrogens is 2. The number of carbonyl (C=O) groups excluding carboxylic acids is 1. The molecule has 1 N–H and O–H groups in total. The number of rotatable bonds is 6. The lowest BCUT2D eigenvalue weighted by molar-refractivity contribution is -0.132. The topological polar surface area (TPSA) is 57.8 Å². The molecule has 0 radical (unpaired) electrons. The number of aliphatic hydroxyl groups excluding tert-OH is 1. The molecule has 5 heteroatoms. The number of benzene rings is 1. The van der Waals surface area contributed by atoms with E-state index < -0.39 is 6.10 Å². The summed E-state index contributed by atoms with van der Waals surface area (Å²) in [5.41, 5.74) is 2.44. The Bertz CT molecular complexity index is 838. The van der Waals surface area contributed by atoms with E-state index in [2.05, 4.69) is 4.98 Å². The molecule has 1 atom stereocenters. The molecule has 0 bridgehead atoms. The molecule has 3 aromatic rings. The molecule has 0 saturated heterocycles. The fraction of sp³-hybridized carbons (Fsp3) is 0.300. The van der Waals surface area contributed by atoms with Crippen LogP contribution < -0.4 is 0 Å². The molecule has 0 unspecified atom stereocenters. The standard InChI is InChI=1S/C20H21N3O2/c24-18(15-6-2-1-3-7-15)14-23(17-9-10-17)20(25)12-16-13-22-11-5-4-8-19(22)21-16/h1-8,11,13,17-18,24H,9-10,12,14H2/t18-/m0/s1. The minimum atomic E-state index is -0.660. The molecule has 2 heterocycles. The van der Waals surface area contributed by atoms with Gasteiger partial charge in [-0.05, 0) is 30.5 Å². The highest BCUT2D eigenvalue weighted by Crippen LogP contribution is 2.29. The van der Waals surface area contributed by atoms with E-state index in [1.165, 1.54) is 0 Å². The van der Waals surface area contributed by atoms with Gasteiger partial charge < -0.3 is 14.4 Å². The number of pyridine rings is 1. The minimum absolute atomic E-state index is 0.0286. The number of aliphatic hydroxyl groups is 1. The normalized spacial score (nSPS) is 15.2. The molecule has 1 aromatic carbocycles. The fourth-order valence-corrected chi connectivity index (χ4v) is 3.14. The lowest BCUT2D eigenvalue weighted by Gasteiger charge is -2.25. The summed E-state index contributed by atoms with van der Waals surface area (Å²) in [6.07, 6.45) is 5.45. The molecule has 0 spiro atoms. The first kappa shape index (κ1) is 15.8. The number of hydrogen-bond donors (Lipinski definition) is 1. The number of fused-ring (bicyclic) bond motifs is 1. The summed E-state index contributed by atoms with van der Waals surface area (Å²) >= 11 is 0. The van der Waals surface area contributed by atoms with Crippen molar-refractivity contribution in [2.45, 2.75) is 31.4 Å². The van der Waals surface area contributed by atoms with Crippen molar-refractivity contribution < 1.29 is 9.90 Å². The summed E-state index contributed by atoms with van der Waals surface area (Å²) in [4.78, 5) is 19.1. The van der Waals surface area contributed by atoms with Crippen molar-refractivity contribution in [2.75, 3.05) is 6.54 Å². The Hall–Kier alpha value is -2.66. The highest BCUT2D eigenvalue weighted by atomic mass is 16.3. The molecular weight excluding hydrogens is 314 g/mol. The van der Waals surface area contributed by atoms with E-state index in [0.717, 1.165) is 29.7 Å². The first-order valence-electron chi connectivity index (χ1n) is 8.66. The summed E-state index contributed by atoms with van der Waals surface area (Å²) in [6, 6.07) is 15.5. The Kier molecular flexibility index (Phi) is 4.24. The van der Waals surface area contributed by atoms with Crippen LogP contribution in [-0.4, -0.2) is 37.9 Å². The second-order valence-electron chi connectivity index (χ2n) is 6.58. The maximum Gasteiger partial charge on any atom is 0.228 e. The van der Waals surface area contributed by atoms with Gasteiger partial charge in [0.15, 0.2) is 0 Å². The smallest absolute Gasteiger partial charge is 0.228 e. The van der Waals surface area contributed by atoms with E-state index in [-0.39, 0.29) is 18.4 Å². The predicted molar refractivity (Wildman–Crippen MR) is 95.0 cm³/mol. The molecule has 25 heavy (non-hydrogen) atoms. The van der Waals surface area contributed by atoms with Gasteiger partial charge in [-0.25, -0.2) is 4.98 Å². The van der Waals surface area contributed by atoms with Crippen LogP contribution in [0.3, 0.4) is 0 Å². The third kappa shape index (κ3) is 3.56. The van der Waals surface area contributed by atoms with E-state index in [9.17, 15) is 9.90 Å². The van der Waals surface area contributed by atoms with Crippen LogP contribution in [0.4, 0.5) is 0 Å². The van der Waals surface area contributed by atoms with Crippen molar-refractivity contribution in [1.82, 2.24) is 14.3 Å². The fourth-order valence-electron chi connectivity index (χ4n) is 3.14. The molecule has 2 aromatic heterocycles. The van der Waals surface area contributed by atoms with Crippen LogP contribution in [0.25, 0.3) is 5.65 Å². The third-order valence-electron chi connectivity index (χ3n) is 4.61. The highest BCUT2D eigenvalue weighted by Gasteiger charge is 2.34. The van der Waals surface area contributed by atoms with Crippen LogP contribution in [0.5, 0.6) is 0 Å². The summed E-state index contributed by atoms with van der Waals surface area (Å²) in [5, 5.41) is 10.5.